The first kappa shape index (κ1) is 10.4. The first-order valence-electron chi connectivity index (χ1n) is 3.76. The number of carbonyl (C=O) groups excluding carboxylic acids is 1. The van der Waals surface area contributed by atoms with Crippen LogP contribution in [0, 0.1) is 0 Å². The topological polar surface area (TPSA) is 43.1 Å². The monoisotopic (exact) mass is 215 g/mol. The maximum absolute atomic E-state index is 11.0. The Labute approximate surface area is 87.5 Å². The lowest BCUT2D eigenvalue weighted by Gasteiger charge is -2.10. The molecule has 0 aliphatic rings. The molecule has 1 aromatic rings. The predicted octanol–water partition coefficient (Wildman–Crippen LogP) is 2.43. The van der Waals surface area contributed by atoms with E-state index in [4.69, 9.17) is 17.3 Å². The van der Waals surface area contributed by atoms with Gasteiger partial charge in [-0.25, -0.2) is 0 Å². The molecular weight excluding hydrogens is 206 g/mol. The normalized spacial score (nSPS) is 12.5. The van der Waals surface area contributed by atoms with Crippen molar-refractivity contribution >= 4 is 35.7 Å². The van der Waals surface area contributed by atoms with Gasteiger partial charge in [0.15, 0.2) is 5.78 Å². The summed E-state index contributed by atoms with van der Waals surface area (Å²) in [5.41, 5.74) is 6.81. The summed E-state index contributed by atoms with van der Waals surface area (Å²) >= 11 is 10.0. The Balaban J connectivity index is 3.15. The maximum atomic E-state index is 11.0. The number of ketones is 1. The number of Topliss-reactive ketones (excluding diaryl/α,β-unsaturated/α-hetero) is 1. The average molecular weight is 216 g/mol. The van der Waals surface area contributed by atoms with Crippen LogP contribution in [0.3, 0.4) is 0 Å². The summed E-state index contributed by atoms with van der Waals surface area (Å²) < 4.78 is 0. The van der Waals surface area contributed by atoms with E-state index in [0.29, 0.717) is 16.1 Å². The molecule has 0 fully saturated rings. The highest BCUT2D eigenvalue weighted by Crippen LogP contribution is 2.30. The van der Waals surface area contributed by atoms with Gasteiger partial charge >= 0.3 is 0 Å². The summed E-state index contributed by atoms with van der Waals surface area (Å²) in [5.74, 6) is -0.109. The molecule has 0 heterocycles. The van der Waals surface area contributed by atoms with Crippen molar-refractivity contribution in [1.29, 1.82) is 0 Å². The summed E-state index contributed by atoms with van der Waals surface area (Å²) in [5, 5.41) is -0.656. The van der Waals surface area contributed by atoms with Crippen molar-refractivity contribution in [2.45, 2.75) is 17.2 Å². The van der Waals surface area contributed by atoms with Gasteiger partial charge in [0, 0.05) is 10.6 Å². The van der Waals surface area contributed by atoms with E-state index >= 15 is 0 Å². The maximum Gasteiger partial charge on any atom is 0.152 e. The molecule has 0 aromatic heterocycles. The molecule has 0 bridgehead atoms. The molecule has 0 spiro atoms. The van der Waals surface area contributed by atoms with Crippen molar-refractivity contribution < 1.29 is 4.79 Å². The van der Waals surface area contributed by atoms with Crippen LogP contribution in [0.15, 0.2) is 23.1 Å². The summed E-state index contributed by atoms with van der Waals surface area (Å²) in [6, 6.07) is 5.22. The molecule has 0 aliphatic heterocycles. The number of hydrogen-bond donors (Lipinski definition) is 2. The Morgan fingerprint density at radius 3 is 2.77 bits per heavy atom. The van der Waals surface area contributed by atoms with Crippen LogP contribution in [0.2, 0.25) is 0 Å². The van der Waals surface area contributed by atoms with Crippen molar-refractivity contribution in [3.8, 4) is 0 Å². The van der Waals surface area contributed by atoms with E-state index in [1.54, 1.807) is 18.2 Å². The molecule has 0 radical (unpaired) electrons. The fraction of sp³-hybridized carbons (Fsp3) is 0.222. The molecule has 2 nitrogen and oxygen atoms in total. The third-order valence-corrected chi connectivity index (χ3v) is 2.79. The standard InChI is InChI=1S/C9H10ClNOS/c1-5(12)8(10)6-3-2-4-7(11)9(6)13/h2-4,8,13H,11H2,1H3. The summed E-state index contributed by atoms with van der Waals surface area (Å²) in [6.45, 7) is 1.44. The van der Waals surface area contributed by atoms with Gasteiger partial charge in [-0.05, 0) is 18.6 Å². The Kier molecular flexibility index (Phi) is 3.22. The number of anilines is 1. The highest BCUT2D eigenvalue weighted by Gasteiger charge is 2.16. The number of carbonyl (C=O) groups is 1. The van der Waals surface area contributed by atoms with Crippen molar-refractivity contribution in [3.63, 3.8) is 0 Å². The Morgan fingerprint density at radius 2 is 2.23 bits per heavy atom. The fourth-order valence-corrected chi connectivity index (χ4v) is 1.54. The van der Waals surface area contributed by atoms with E-state index < -0.39 is 5.38 Å². The van der Waals surface area contributed by atoms with Gasteiger partial charge in [-0.15, -0.1) is 24.2 Å². The molecule has 2 N–H and O–H groups in total. The zero-order chi connectivity index (χ0) is 10.0. The molecule has 1 atom stereocenters. The first-order chi connectivity index (χ1) is 6.04. The van der Waals surface area contributed by atoms with Gasteiger partial charge in [-0.2, -0.15) is 0 Å². The van der Waals surface area contributed by atoms with Gasteiger partial charge in [0.25, 0.3) is 0 Å². The van der Waals surface area contributed by atoms with Gasteiger partial charge < -0.3 is 5.73 Å². The number of hydrogen-bond acceptors (Lipinski definition) is 3. The van der Waals surface area contributed by atoms with Crippen LogP contribution in [-0.4, -0.2) is 5.78 Å². The fourth-order valence-electron chi connectivity index (χ4n) is 1.00. The van der Waals surface area contributed by atoms with Crippen LogP contribution >= 0.6 is 24.2 Å². The predicted molar refractivity (Wildman–Crippen MR) is 57.4 cm³/mol. The summed E-state index contributed by atoms with van der Waals surface area (Å²) in [4.78, 5) is 11.6. The third-order valence-electron chi connectivity index (χ3n) is 1.73. The minimum absolute atomic E-state index is 0.109. The highest BCUT2D eigenvalue weighted by molar-refractivity contribution is 7.80. The number of benzene rings is 1. The van der Waals surface area contributed by atoms with Gasteiger partial charge in [0.1, 0.15) is 5.38 Å². The molecule has 1 rings (SSSR count). The van der Waals surface area contributed by atoms with Crippen molar-refractivity contribution in [1.82, 2.24) is 0 Å². The van der Waals surface area contributed by atoms with E-state index in [2.05, 4.69) is 12.6 Å². The Morgan fingerprint density at radius 1 is 1.62 bits per heavy atom. The van der Waals surface area contributed by atoms with Crippen LogP contribution in [0.25, 0.3) is 0 Å². The Bertz CT molecular complexity index is 340. The van der Waals surface area contributed by atoms with Crippen LogP contribution < -0.4 is 5.73 Å². The zero-order valence-corrected chi connectivity index (χ0v) is 8.77. The molecule has 0 saturated carbocycles. The van der Waals surface area contributed by atoms with Crippen LogP contribution in [-0.2, 0) is 4.79 Å². The number of alkyl halides is 1. The number of nitrogens with two attached hydrogens (primary N) is 1. The molecule has 0 amide bonds. The summed E-state index contributed by atoms with van der Waals surface area (Å²) in [6.07, 6.45) is 0. The number of thiol groups is 1. The number of nitrogen functional groups attached to an aromatic ring is 1. The smallest absolute Gasteiger partial charge is 0.152 e. The zero-order valence-electron chi connectivity index (χ0n) is 7.12. The molecule has 0 saturated heterocycles. The van der Waals surface area contributed by atoms with Crippen molar-refractivity contribution in [3.05, 3.63) is 23.8 Å². The van der Waals surface area contributed by atoms with E-state index in [1.165, 1.54) is 6.92 Å². The number of rotatable bonds is 2. The minimum Gasteiger partial charge on any atom is -0.398 e. The molecule has 0 aliphatic carbocycles. The van der Waals surface area contributed by atoms with E-state index in [9.17, 15) is 4.79 Å². The van der Waals surface area contributed by atoms with Gasteiger partial charge in [-0.3, -0.25) is 4.79 Å². The first-order valence-corrected chi connectivity index (χ1v) is 4.64. The van der Waals surface area contributed by atoms with E-state index in [0.717, 1.165) is 0 Å². The molecule has 13 heavy (non-hydrogen) atoms. The lowest BCUT2D eigenvalue weighted by Crippen LogP contribution is -2.03. The molecule has 4 heteroatoms. The molecule has 70 valence electrons. The number of halogens is 1. The third kappa shape index (κ3) is 2.17. The molecular formula is C9H10ClNOS. The average Bonchev–Trinajstić information content (AvgIpc) is 2.08. The molecule has 1 aromatic carbocycles. The Hall–Kier alpha value is -0.670. The second kappa shape index (κ2) is 4.03. The van der Waals surface area contributed by atoms with Crippen molar-refractivity contribution in [2.24, 2.45) is 0 Å². The van der Waals surface area contributed by atoms with Crippen LogP contribution in [0.4, 0.5) is 5.69 Å². The largest absolute Gasteiger partial charge is 0.398 e. The van der Waals surface area contributed by atoms with Crippen molar-refractivity contribution in [2.75, 3.05) is 5.73 Å². The van der Waals surface area contributed by atoms with Gasteiger partial charge in [0.2, 0.25) is 0 Å². The second-order valence-corrected chi connectivity index (χ2v) is 3.64. The summed E-state index contributed by atoms with van der Waals surface area (Å²) in [7, 11) is 0. The SMILES string of the molecule is CC(=O)C(Cl)c1cccc(N)c1S. The highest BCUT2D eigenvalue weighted by atomic mass is 35.5. The second-order valence-electron chi connectivity index (χ2n) is 2.76. The minimum atomic E-state index is -0.656. The van der Waals surface area contributed by atoms with Crippen LogP contribution in [0.5, 0.6) is 0 Å². The van der Waals surface area contributed by atoms with E-state index in [-0.39, 0.29) is 5.78 Å². The van der Waals surface area contributed by atoms with Gasteiger partial charge in [0.05, 0.1) is 0 Å². The lowest BCUT2D eigenvalue weighted by atomic mass is 10.1. The lowest BCUT2D eigenvalue weighted by molar-refractivity contribution is -0.116. The quantitative estimate of drug-likeness (QED) is 0.452. The van der Waals surface area contributed by atoms with Gasteiger partial charge in [-0.1, -0.05) is 12.1 Å². The van der Waals surface area contributed by atoms with Crippen LogP contribution in [0.1, 0.15) is 17.9 Å². The molecule has 1 unspecified atom stereocenters. The van der Waals surface area contributed by atoms with E-state index in [1.807, 2.05) is 0 Å².